The van der Waals surface area contributed by atoms with Crippen LogP contribution in [0.1, 0.15) is 31.2 Å². The quantitative estimate of drug-likeness (QED) is 0.855. The lowest BCUT2D eigenvalue weighted by Gasteiger charge is -2.18. The van der Waals surface area contributed by atoms with Gasteiger partial charge in [0.2, 0.25) is 5.95 Å². The molecule has 3 aliphatic rings. The van der Waals surface area contributed by atoms with Gasteiger partial charge in [-0.3, -0.25) is 0 Å². The Kier molecular flexibility index (Phi) is 3.11. The maximum Gasteiger partial charge on any atom is 0.225 e. The second-order valence-corrected chi connectivity index (χ2v) is 6.52. The van der Waals surface area contributed by atoms with Crippen LogP contribution in [0.3, 0.4) is 0 Å². The van der Waals surface area contributed by atoms with Gasteiger partial charge in [-0.1, -0.05) is 0 Å². The molecule has 2 aliphatic carbocycles. The molecule has 3 fully saturated rings. The van der Waals surface area contributed by atoms with E-state index >= 15 is 0 Å². The van der Waals surface area contributed by atoms with Crippen molar-refractivity contribution in [2.75, 3.05) is 18.0 Å². The zero-order valence-electron chi connectivity index (χ0n) is 11.7. The van der Waals surface area contributed by atoms with Crippen LogP contribution in [0, 0.1) is 11.8 Å². The van der Waals surface area contributed by atoms with Gasteiger partial charge in [-0.25, -0.2) is 9.97 Å². The summed E-state index contributed by atoms with van der Waals surface area (Å²) in [5.41, 5.74) is 1.15. The van der Waals surface area contributed by atoms with Gasteiger partial charge in [0.25, 0.3) is 0 Å². The van der Waals surface area contributed by atoms with Gasteiger partial charge < -0.3 is 15.3 Å². The van der Waals surface area contributed by atoms with Gasteiger partial charge in [0.15, 0.2) is 0 Å². The van der Waals surface area contributed by atoms with Crippen molar-refractivity contribution in [1.82, 2.24) is 15.3 Å². The first-order chi connectivity index (χ1) is 9.79. The number of anilines is 1. The van der Waals surface area contributed by atoms with Crippen LogP contribution in [0.5, 0.6) is 0 Å². The molecule has 0 bridgehead atoms. The van der Waals surface area contributed by atoms with E-state index in [2.05, 4.69) is 20.2 Å². The molecule has 0 aromatic carbocycles. The van der Waals surface area contributed by atoms with Crippen LogP contribution in [0.2, 0.25) is 0 Å². The van der Waals surface area contributed by atoms with E-state index in [1.807, 2.05) is 12.4 Å². The first kappa shape index (κ1) is 12.5. The lowest BCUT2D eigenvalue weighted by Crippen LogP contribution is -2.26. The molecule has 108 valence electrons. The minimum absolute atomic E-state index is 0.119. The number of nitrogens with one attached hydrogen (secondary N) is 1. The van der Waals surface area contributed by atoms with Crippen LogP contribution in [0.25, 0.3) is 0 Å². The van der Waals surface area contributed by atoms with E-state index in [1.54, 1.807) is 0 Å². The number of hydrogen-bond acceptors (Lipinski definition) is 5. The van der Waals surface area contributed by atoms with Gasteiger partial charge in [-0.2, -0.15) is 0 Å². The van der Waals surface area contributed by atoms with Crippen molar-refractivity contribution in [2.24, 2.45) is 11.8 Å². The number of aromatic nitrogens is 2. The molecule has 2 heterocycles. The summed E-state index contributed by atoms with van der Waals surface area (Å²) in [6.07, 6.45) is 8.47. The third-order valence-electron chi connectivity index (χ3n) is 4.97. The fourth-order valence-corrected chi connectivity index (χ4v) is 3.55. The van der Waals surface area contributed by atoms with Gasteiger partial charge in [0, 0.05) is 49.6 Å². The van der Waals surface area contributed by atoms with E-state index in [-0.39, 0.29) is 6.10 Å². The Balaban J connectivity index is 1.39. The van der Waals surface area contributed by atoms with Gasteiger partial charge in [-0.15, -0.1) is 0 Å². The number of aliphatic hydroxyl groups is 1. The first-order valence-corrected chi connectivity index (χ1v) is 7.77. The Bertz CT molecular complexity index is 473. The molecule has 1 aromatic heterocycles. The second-order valence-electron chi connectivity index (χ2n) is 6.52. The van der Waals surface area contributed by atoms with Gasteiger partial charge in [0.05, 0.1) is 6.10 Å². The Morgan fingerprint density at radius 1 is 1.15 bits per heavy atom. The molecule has 20 heavy (non-hydrogen) atoms. The minimum Gasteiger partial charge on any atom is -0.393 e. The van der Waals surface area contributed by atoms with E-state index in [0.29, 0.717) is 17.9 Å². The first-order valence-electron chi connectivity index (χ1n) is 7.77. The summed E-state index contributed by atoms with van der Waals surface area (Å²) in [4.78, 5) is 11.2. The topological polar surface area (TPSA) is 61.3 Å². The summed E-state index contributed by atoms with van der Waals surface area (Å²) in [6, 6.07) is 0.717. The summed E-state index contributed by atoms with van der Waals surface area (Å²) in [7, 11) is 0. The second kappa shape index (κ2) is 4.97. The Morgan fingerprint density at radius 3 is 2.65 bits per heavy atom. The van der Waals surface area contributed by atoms with Crippen LogP contribution >= 0.6 is 0 Å². The highest BCUT2D eigenvalue weighted by Crippen LogP contribution is 2.38. The molecule has 2 N–H and O–H groups in total. The van der Waals surface area contributed by atoms with E-state index in [4.69, 9.17) is 0 Å². The van der Waals surface area contributed by atoms with Crippen molar-refractivity contribution in [3.8, 4) is 0 Å². The summed E-state index contributed by atoms with van der Waals surface area (Å²) >= 11 is 0. The zero-order valence-corrected chi connectivity index (χ0v) is 11.7. The lowest BCUT2D eigenvalue weighted by molar-refractivity contribution is 0.133. The number of fused-ring (bicyclic) bond motifs is 1. The maximum atomic E-state index is 9.96. The Hall–Kier alpha value is -1.20. The van der Waals surface area contributed by atoms with Crippen molar-refractivity contribution >= 4 is 5.95 Å². The lowest BCUT2D eigenvalue weighted by atomic mass is 10.00. The highest BCUT2D eigenvalue weighted by Gasteiger charge is 2.42. The summed E-state index contributed by atoms with van der Waals surface area (Å²) in [5, 5.41) is 13.4. The third kappa shape index (κ3) is 2.40. The van der Waals surface area contributed by atoms with E-state index in [0.717, 1.165) is 44.0 Å². The molecule has 0 radical (unpaired) electrons. The van der Waals surface area contributed by atoms with Crippen LogP contribution in [0.4, 0.5) is 5.95 Å². The number of aliphatic hydroxyl groups excluding tert-OH is 1. The van der Waals surface area contributed by atoms with Crippen LogP contribution in [-0.2, 0) is 6.54 Å². The summed E-state index contributed by atoms with van der Waals surface area (Å²) in [6.45, 7) is 2.78. The van der Waals surface area contributed by atoms with Gasteiger partial charge >= 0.3 is 0 Å². The highest BCUT2D eigenvalue weighted by molar-refractivity contribution is 5.33. The Morgan fingerprint density at radius 2 is 1.95 bits per heavy atom. The molecule has 3 atom stereocenters. The van der Waals surface area contributed by atoms with Crippen molar-refractivity contribution in [1.29, 1.82) is 0 Å². The molecule has 5 nitrogen and oxygen atoms in total. The van der Waals surface area contributed by atoms with Crippen molar-refractivity contribution in [2.45, 2.75) is 44.4 Å². The van der Waals surface area contributed by atoms with Crippen LogP contribution in [-0.4, -0.2) is 40.3 Å². The van der Waals surface area contributed by atoms with E-state index < -0.39 is 0 Å². The third-order valence-corrected chi connectivity index (χ3v) is 4.97. The molecule has 1 aromatic rings. The smallest absolute Gasteiger partial charge is 0.225 e. The molecular weight excluding hydrogens is 252 g/mol. The Labute approximate surface area is 119 Å². The molecule has 1 aliphatic heterocycles. The van der Waals surface area contributed by atoms with Crippen molar-refractivity contribution < 1.29 is 5.11 Å². The van der Waals surface area contributed by atoms with Crippen LogP contribution in [0.15, 0.2) is 12.4 Å². The standard InChI is InChI=1S/C15H22N4O/c20-14-4-1-11-8-19(9-13(11)14)15-17-6-10(7-18-15)5-16-12-2-3-12/h6-7,11-14,16,20H,1-5,8-9H2. The number of rotatable bonds is 4. The predicted octanol–water partition coefficient (Wildman–Crippen LogP) is 0.936. The van der Waals surface area contributed by atoms with Crippen LogP contribution < -0.4 is 10.2 Å². The maximum absolute atomic E-state index is 9.96. The molecular formula is C15H22N4O. The van der Waals surface area contributed by atoms with Crippen molar-refractivity contribution in [3.05, 3.63) is 18.0 Å². The largest absolute Gasteiger partial charge is 0.393 e. The monoisotopic (exact) mass is 274 g/mol. The molecule has 5 heteroatoms. The summed E-state index contributed by atoms with van der Waals surface area (Å²) in [5.74, 6) is 1.88. The van der Waals surface area contributed by atoms with E-state index in [9.17, 15) is 5.11 Å². The fraction of sp³-hybridized carbons (Fsp3) is 0.733. The molecule has 0 amide bonds. The normalized spacial score (nSPS) is 32.6. The average Bonchev–Trinajstić information content (AvgIpc) is 3.10. The highest BCUT2D eigenvalue weighted by atomic mass is 16.3. The number of hydrogen-bond donors (Lipinski definition) is 2. The number of nitrogens with zero attached hydrogens (tertiary/aromatic N) is 3. The van der Waals surface area contributed by atoms with Gasteiger partial charge in [-0.05, 0) is 31.6 Å². The molecule has 2 saturated carbocycles. The molecule has 4 rings (SSSR count). The fourth-order valence-electron chi connectivity index (χ4n) is 3.55. The molecule has 0 spiro atoms. The van der Waals surface area contributed by atoms with Crippen molar-refractivity contribution in [3.63, 3.8) is 0 Å². The molecule has 1 saturated heterocycles. The van der Waals surface area contributed by atoms with E-state index in [1.165, 1.54) is 12.8 Å². The summed E-state index contributed by atoms with van der Waals surface area (Å²) < 4.78 is 0. The minimum atomic E-state index is -0.119. The zero-order chi connectivity index (χ0) is 13.5. The molecule has 3 unspecified atom stereocenters. The average molecular weight is 274 g/mol. The SMILES string of the molecule is OC1CCC2CN(c3ncc(CNC4CC4)cn3)CC12. The van der Waals surface area contributed by atoms with Gasteiger partial charge in [0.1, 0.15) is 0 Å². The predicted molar refractivity (Wildman–Crippen MR) is 76.3 cm³/mol.